The summed E-state index contributed by atoms with van der Waals surface area (Å²) in [6.45, 7) is 0.433. The number of aromatic nitrogens is 2. The number of nitrogens with zero attached hydrogens (tertiary/aromatic N) is 2. The van der Waals surface area contributed by atoms with Crippen molar-refractivity contribution in [1.82, 2.24) is 20.4 Å². The molecule has 122 valence electrons. The first-order chi connectivity index (χ1) is 11.1. The number of carbonyl (C=O) groups is 1. The fourth-order valence-corrected chi connectivity index (χ4v) is 3.98. The maximum atomic E-state index is 13.7. The Morgan fingerprint density at radius 1 is 1.39 bits per heavy atom. The molecule has 23 heavy (non-hydrogen) atoms. The summed E-state index contributed by atoms with van der Waals surface area (Å²) in [6.07, 6.45) is 4.23. The lowest BCUT2D eigenvalue weighted by molar-refractivity contribution is -0.126. The minimum absolute atomic E-state index is 0.104. The number of benzene rings is 1. The predicted octanol–water partition coefficient (Wildman–Crippen LogP) is 1.86. The van der Waals surface area contributed by atoms with Crippen LogP contribution in [0.2, 0.25) is 0 Å². The van der Waals surface area contributed by atoms with E-state index in [-0.39, 0.29) is 11.8 Å². The smallest absolute Gasteiger partial charge is 0.240 e. The third kappa shape index (κ3) is 2.72. The molecule has 2 aromatic rings. The molecule has 2 aliphatic heterocycles. The Labute approximate surface area is 134 Å². The van der Waals surface area contributed by atoms with Crippen LogP contribution in [0, 0.1) is 11.9 Å². The second-order valence-corrected chi connectivity index (χ2v) is 6.79. The van der Waals surface area contributed by atoms with Crippen molar-refractivity contribution in [2.75, 3.05) is 0 Å². The second kappa shape index (κ2) is 5.60. The van der Waals surface area contributed by atoms with Gasteiger partial charge in [0.05, 0.1) is 10.9 Å². The molecule has 2 bridgehead atoms. The van der Waals surface area contributed by atoms with Crippen LogP contribution in [0.25, 0.3) is 10.9 Å². The predicted molar refractivity (Wildman–Crippen MR) is 85.2 cm³/mol. The zero-order chi connectivity index (χ0) is 16.0. The van der Waals surface area contributed by atoms with Gasteiger partial charge in [0.15, 0.2) is 0 Å². The van der Waals surface area contributed by atoms with E-state index in [2.05, 4.69) is 15.7 Å². The number of nitrogens with one attached hydrogen (secondary N) is 2. The quantitative estimate of drug-likeness (QED) is 0.909. The van der Waals surface area contributed by atoms with Gasteiger partial charge in [-0.2, -0.15) is 4.39 Å². The Bertz CT molecular complexity index is 744. The number of hydrogen-bond donors (Lipinski definition) is 2. The first-order valence-corrected chi connectivity index (χ1v) is 8.25. The van der Waals surface area contributed by atoms with Crippen molar-refractivity contribution in [2.24, 2.45) is 13.0 Å². The number of carbonyl (C=O) groups excluding carboxylic acids is 1. The molecule has 2 saturated heterocycles. The van der Waals surface area contributed by atoms with Crippen LogP contribution in [0.4, 0.5) is 4.39 Å². The fraction of sp³-hybridized carbons (Fsp3) is 0.529. The molecule has 3 atom stereocenters. The van der Waals surface area contributed by atoms with Gasteiger partial charge in [0.25, 0.3) is 0 Å². The summed E-state index contributed by atoms with van der Waals surface area (Å²) < 4.78 is 15.3. The van der Waals surface area contributed by atoms with Gasteiger partial charge in [0.2, 0.25) is 11.9 Å². The van der Waals surface area contributed by atoms with E-state index in [4.69, 9.17) is 0 Å². The monoisotopic (exact) mass is 316 g/mol. The fourth-order valence-electron chi connectivity index (χ4n) is 3.98. The average Bonchev–Trinajstić information content (AvgIpc) is 3.03. The molecule has 0 radical (unpaired) electrons. The van der Waals surface area contributed by atoms with Gasteiger partial charge in [-0.25, -0.2) is 0 Å². The van der Waals surface area contributed by atoms with Gasteiger partial charge in [-0.3, -0.25) is 9.48 Å². The summed E-state index contributed by atoms with van der Waals surface area (Å²) in [7, 11) is 1.72. The summed E-state index contributed by atoms with van der Waals surface area (Å²) in [4.78, 5) is 12.4. The summed E-state index contributed by atoms with van der Waals surface area (Å²) in [5.74, 6) is -0.242. The standard InChI is InChI=1S/C17H21FN4O/c1-22-15-5-2-10(6-14(15)16(18)21-22)9-19-17(23)11-7-12-3-4-13(8-11)20-12/h2,5-6,11-13,20H,3-4,7-9H2,1H3,(H,19,23)/t11-,12-,13+. The Morgan fingerprint density at radius 2 is 2.13 bits per heavy atom. The molecule has 6 heteroatoms. The second-order valence-electron chi connectivity index (χ2n) is 6.79. The van der Waals surface area contributed by atoms with Gasteiger partial charge in [0.1, 0.15) is 0 Å². The van der Waals surface area contributed by atoms with Crippen LogP contribution in [0.5, 0.6) is 0 Å². The number of aryl methyl sites for hydroxylation is 1. The normalized spacial score (nSPS) is 26.6. The van der Waals surface area contributed by atoms with Gasteiger partial charge in [-0.05, 0) is 43.4 Å². The summed E-state index contributed by atoms with van der Waals surface area (Å²) in [5.41, 5.74) is 1.65. The largest absolute Gasteiger partial charge is 0.352 e. The van der Waals surface area contributed by atoms with Crippen molar-refractivity contribution < 1.29 is 9.18 Å². The highest BCUT2D eigenvalue weighted by molar-refractivity contribution is 5.81. The van der Waals surface area contributed by atoms with Gasteiger partial charge in [0, 0.05) is 31.6 Å². The lowest BCUT2D eigenvalue weighted by Crippen LogP contribution is -2.43. The first kappa shape index (κ1) is 14.6. The van der Waals surface area contributed by atoms with Crippen molar-refractivity contribution in [3.63, 3.8) is 0 Å². The summed E-state index contributed by atoms with van der Waals surface area (Å²) in [5, 5.41) is 10.8. The molecule has 1 aromatic carbocycles. The van der Waals surface area contributed by atoms with Crippen molar-refractivity contribution in [1.29, 1.82) is 0 Å². The molecule has 2 fully saturated rings. The van der Waals surface area contributed by atoms with Gasteiger partial charge >= 0.3 is 0 Å². The molecule has 0 spiro atoms. The number of piperidine rings is 1. The van der Waals surface area contributed by atoms with Crippen LogP contribution in [0.1, 0.15) is 31.2 Å². The maximum Gasteiger partial charge on any atom is 0.240 e. The van der Waals surface area contributed by atoms with Crippen LogP contribution >= 0.6 is 0 Å². The lowest BCUT2D eigenvalue weighted by Gasteiger charge is -2.28. The third-order valence-corrected chi connectivity index (χ3v) is 5.18. The molecule has 0 aliphatic carbocycles. The molecular weight excluding hydrogens is 295 g/mol. The van der Waals surface area contributed by atoms with Crippen LogP contribution < -0.4 is 10.6 Å². The highest BCUT2D eigenvalue weighted by atomic mass is 19.1. The Hall–Kier alpha value is -1.95. The molecule has 2 aliphatic rings. The third-order valence-electron chi connectivity index (χ3n) is 5.18. The Balaban J connectivity index is 1.42. The Kier molecular flexibility index (Phi) is 3.56. The van der Waals surface area contributed by atoms with E-state index in [0.29, 0.717) is 24.0 Å². The number of halogens is 1. The minimum atomic E-state index is -0.467. The first-order valence-electron chi connectivity index (χ1n) is 8.25. The van der Waals surface area contributed by atoms with Gasteiger partial charge in [-0.1, -0.05) is 6.07 Å². The summed E-state index contributed by atoms with van der Waals surface area (Å²) >= 11 is 0. The molecule has 1 aromatic heterocycles. The lowest BCUT2D eigenvalue weighted by atomic mass is 9.91. The Morgan fingerprint density at radius 3 is 2.87 bits per heavy atom. The maximum absolute atomic E-state index is 13.7. The molecular formula is C17H21FN4O. The SMILES string of the molecule is Cn1nc(F)c2cc(CNC(=O)[C@@H]3C[C@H]4CC[C@@H](C3)N4)ccc21. The number of hydrogen-bond acceptors (Lipinski definition) is 3. The van der Waals surface area contributed by atoms with Crippen molar-refractivity contribution in [3.8, 4) is 0 Å². The van der Waals surface area contributed by atoms with E-state index in [1.807, 2.05) is 12.1 Å². The zero-order valence-corrected chi connectivity index (χ0v) is 13.2. The van der Waals surface area contributed by atoms with E-state index in [9.17, 15) is 9.18 Å². The van der Waals surface area contributed by atoms with E-state index in [1.165, 1.54) is 17.5 Å². The number of fused-ring (bicyclic) bond motifs is 3. The zero-order valence-electron chi connectivity index (χ0n) is 13.2. The molecule has 4 rings (SSSR count). The average molecular weight is 316 g/mol. The molecule has 0 saturated carbocycles. The highest BCUT2D eigenvalue weighted by Crippen LogP contribution is 2.31. The van der Waals surface area contributed by atoms with E-state index >= 15 is 0 Å². The molecule has 3 heterocycles. The minimum Gasteiger partial charge on any atom is -0.352 e. The van der Waals surface area contributed by atoms with Gasteiger partial charge < -0.3 is 10.6 Å². The van der Waals surface area contributed by atoms with Crippen LogP contribution in [-0.2, 0) is 18.4 Å². The van der Waals surface area contributed by atoms with Crippen LogP contribution in [0.15, 0.2) is 18.2 Å². The molecule has 5 nitrogen and oxygen atoms in total. The van der Waals surface area contributed by atoms with Crippen LogP contribution in [-0.4, -0.2) is 27.8 Å². The molecule has 2 N–H and O–H groups in total. The number of amides is 1. The van der Waals surface area contributed by atoms with Crippen molar-refractivity contribution >= 4 is 16.8 Å². The number of rotatable bonds is 3. The van der Waals surface area contributed by atoms with E-state index < -0.39 is 5.95 Å². The topological polar surface area (TPSA) is 59.0 Å². The summed E-state index contributed by atoms with van der Waals surface area (Å²) in [6, 6.07) is 6.54. The molecule has 1 amide bonds. The van der Waals surface area contributed by atoms with Crippen molar-refractivity contribution in [3.05, 3.63) is 29.7 Å². The van der Waals surface area contributed by atoms with Gasteiger partial charge in [-0.15, -0.1) is 5.10 Å². The van der Waals surface area contributed by atoms with E-state index in [1.54, 1.807) is 13.1 Å². The highest BCUT2D eigenvalue weighted by Gasteiger charge is 2.36. The van der Waals surface area contributed by atoms with Crippen molar-refractivity contribution in [2.45, 2.75) is 44.3 Å². The molecule has 0 unspecified atom stereocenters. The van der Waals surface area contributed by atoms with E-state index in [0.717, 1.165) is 23.9 Å². The van der Waals surface area contributed by atoms with Crippen LogP contribution in [0.3, 0.4) is 0 Å².